The van der Waals surface area contributed by atoms with Crippen molar-refractivity contribution in [2.45, 2.75) is 6.29 Å². The minimum absolute atomic E-state index is 0.411. The van der Waals surface area contributed by atoms with Gasteiger partial charge in [0.1, 0.15) is 0 Å². The van der Waals surface area contributed by atoms with Gasteiger partial charge in [-0.1, -0.05) is 0 Å². The predicted molar refractivity (Wildman–Crippen MR) is 36.1 cm³/mol. The molecule has 0 aromatic carbocycles. The van der Waals surface area contributed by atoms with Crippen molar-refractivity contribution in [1.82, 2.24) is 0 Å². The van der Waals surface area contributed by atoms with Crippen LogP contribution in [0.5, 0.6) is 0 Å². The number of hydrogen-bond donors (Lipinski definition) is 2. The van der Waals surface area contributed by atoms with Crippen molar-refractivity contribution < 1.29 is 14.6 Å². The molecule has 0 aromatic rings. The Morgan fingerprint density at radius 1 is 1.89 bits per heavy atom. The molecule has 0 rings (SSSR count). The highest BCUT2D eigenvalue weighted by Gasteiger charge is 1.92. The van der Waals surface area contributed by atoms with Gasteiger partial charge in [-0.25, -0.2) is 0 Å². The third-order valence-electron chi connectivity index (χ3n) is 0.645. The molecule has 9 heavy (non-hydrogen) atoms. The third-order valence-corrected chi connectivity index (χ3v) is 0.794. The molecule has 0 aromatic heterocycles. The largest absolute Gasteiger partial charge is 0.365 e. The van der Waals surface area contributed by atoms with E-state index in [1.165, 1.54) is 13.2 Å². The maximum Gasteiger partial charge on any atom is 0.208 e. The molecule has 0 spiro atoms. The summed E-state index contributed by atoms with van der Waals surface area (Å²) in [5, 5.41) is 8.20. The molecule has 1 unspecified atom stereocenters. The lowest BCUT2D eigenvalue weighted by molar-refractivity contribution is -0.107. The minimum atomic E-state index is -1.01. The molecule has 4 heteroatoms. The smallest absolute Gasteiger partial charge is 0.208 e. The molecule has 0 radical (unpaired) electrons. The Balaban J connectivity index is 3.56. The van der Waals surface area contributed by atoms with Gasteiger partial charge in [0.25, 0.3) is 0 Å². The molecule has 0 heterocycles. The van der Waals surface area contributed by atoms with E-state index in [0.717, 1.165) is 6.08 Å². The van der Waals surface area contributed by atoms with Crippen LogP contribution in [0.4, 0.5) is 0 Å². The first kappa shape index (κ1) is 8.68. The second-order valence-electron chi connectivity index (χ2n) is 1.32. The molecule has 0 aliphatic heterocycles. The van der Waals surface area contributed by atoms with Gasteiger partial charge in [-0.2, -0.15) is 0 Å². The normalized spacial score (nSPS) is 14.1. The van der Waals surface area contributed by atoms with Crippen molar-refractivity contribution in [3.05, 3.63) is 12.2 Å². The van der Waals surface area contributed by atoms with Crippen molar-refractivity contribution in [3.63, 3.8) is 0 Å². The Labute approximate surface area is 58.7 Å². The van der Waals surface area contributed by atoms with Gasteiger partial charge in [-0.15, -0.1) is 12.6 Å². The van der Waals surface area contributed by atoms with E-state index in [1.54, 1.807) is 0 Å². The molecule has 0 aliphatic rings. The van der Waals surface area contributed by atoms with E-state index in [2.05, 4.69) is 17.4 Å². The van der Waals surface area contributed by atoms with Crippen LogP contribution in [0.15, 0.2) is 12.2 Å². The monoisotopic (exact) mass is 148 g/mol. The van der Waals surface area contributed by atoms with Crippen molar-refractivity contribution in [2.75, 3.05) is 7.11 Å². The van der Waals surface area contributed by atoms with Crippen molar-refractivity contribution >= 4 is 17.7 Å². The number of methoxy groups -OCH3 is 1. The minimum Gasteiger partial charge on any atom is -0.365 e. The highest BCUT2D eigenvalue weighted by Crippen LogP contribution is 1.87. The molecular formula is C5H8O3S. The first-order valence-electron chi connectivity index (χ1n) is 2.29. The average molecular weight is 148 g/mol. The lowest BCUT2D eigenvalue weighted by Crippen LogP contribution is -2.03. The second kappa shape index (κ2) is 4.55. The first-order valence-corrected chi connectivity index (χ1v) is 2.73. The average Bonchev–Trinajstić information content (AvgIpc) is 1.83. The van der Waals surface area contributed by atoms with E-state index in [0.29, 0.717) is 0 Å². The van der Waals surface area contributed by atoms with E-state index in [1.807, 2.05) is 0 Å². The van der Waals surface area contributed by atoms with E-state index in [-0.39, 0.29) is 0 Å². The highest BCUT2D eigenvalue weighted by molar-refractivity contribution is 7.97. The molecule has 0 amide bonds. The van der Waals surface area contributed by atoms with Crippen molar-refractivity contribution in [2.24, 2.45) is 0 Å². The van der Waals surface area contributed by atoms with E-state index in [9.17, 15) is 4.79 Å². The summed E-state index contributed by atoms with van der Waals surface area (Å²) in [5.41, 5.74) is 0. The number of thiol groups is 1. The van der Waals surface area contributed by atoms with Crippen LogP contribution in [0.25, 0.3) is 0 Å². The van der Waals surface area contributed by atoms with Crippen molar-refractivity contribution in [1.29, 1.82) is 0 Å². The number of carbonyl (C=O) groups excluding carboxylic acids is 1. The molecule has 1 N–H and O–H groups in total. The quantitative estimate of drug-likeness (QED) is 0.335. The summed E-state index contributed by atoms with van der Waals surface area (Å²) in [6.45, 7) is 0. The third kappa shape index (κ3) is 5.55. The van der Waals surface area contributed by atoms with Gasteiger partial charge < -0.3 is 9.84 Å². The maximum absolute atomic E-state index is 10.1. The zero-order valence-electron chi connectivity index (χ0n) is 4.94. The Bertz CT molecular complexity index is 121. The summed E-state index contributed by atoms with van der Waals surface area (Å²) >= 11 is 3.42. The Morgan fingerprint density at radius 3 is 2.78 bits per heavy atom. The first-order chi connectivity index (χ1) is 4.16. The fraction of sp³-hybridized carbons (Fsp3) is 0.400. The van der Waals surface area contributed by atoms with Crippen LogP contribution in [-0.4, -0.2) is 23.6 Å². The molecule has 0 fully saturated rings. The molecule has 0 saturated heterocycles. The fourth-order valence-corrected chi connectivity index (χ4v) is 0.329. The molecule has 1 atom stereocenters. The van der Waals surface area contributed by atoms with Gasteiger partial charge in [0.15, 0.2) is 6.29 Å². The van der Waals surface area contributed by atoms with E-state index in [4.69, 9.17) is 5.11 Å². The lowest BCUT2D eigenvalue weighted by atomic mass is 10.5. The number of aliphatic hydroxyl groups is 1. The van der Waals surface area contributed by atoms with Gasteiger partial charge >= 0.3 is 0 Å². The number of ether oxygens (including phenoxy) is 1. The standard InChI is InChI=1S/C5H8O3S/c1-8-4(6)2-3-5(7)9/h2-4,6H,1H3,(H,7,9). The Hall–Kier alpha value is -0.320. The summed E-state index contributed by atoms with van der Waals surface area (Å²) in [6, 6.07) is 0. The van der Waals surface area contributed by atoms with Crippen molar-refractivity contribution in [3.8, 4) is 0 Å². The predicted octanol–water partition coefficient (Wildman–Crippen LogP) is -0.0362. The van der Waals surface area contributed by atoms with E-state index >= 15 is 0 Å². The van der Waals surface area contributed by atoms with Gasteiger partial charge in [0.2, 0.25) is 5.12 Å². The maximum atomic E-state index is 10.1. The van der Waals surface area contributed by atoms with Gasteiger partial charge in [0.05, 0.1) is 0 Å². The molecular weight excluding hydrogens is 140 g/mol. The fourth-order valence-electron chi connectivity index (χ4n) is 0.243. The summed E-state index contributed by atoms with van der Waals surface area (Å²) in [5.74, 6) is 0. The lowest BCUT2D eigenvalue weighted by Gasteiger charge is -1.98. The van der Waals surface area contributed by atoms with Crippen LogP contribution in [0, 0.1) is 0 Å². The molecule has 0 saturated carbocycles. The summed E-state index contributed by atoms with van der Waals surface area (Å²) < 4.78 is 4.38. The number of hydrogen-bond acceptors (Lipinski definition) is 3. The van der Waals surface area contributed by atoms with Crippen LogP contribution in [0.2, 0.25) is 0 Å². The topological polar surface area (TPSA) is 46.5 Å². The molecule has 3 nitrogen and oxygen atoms in total. The number of carbonyl (C=O) groups is 1. The zero-order chi connectivity index (χ0) is 7.28. The van der Waals surface area contributed by atoms with Crippen LogP contribution in [0.3, 0.4) is 0 Å². The number of rotatable bonds is 3. The van der Waals surface area contributed by atoms with Gasteiger partial charge in [0, 0.05) is 7.11 Å². The van der Waals surface area contributed by atoms with Crippen LogP contribution in [-0.2, 0) is 9.53 Å². The summed E-state index contributed by atoms with van der Waals surface area (Å²) in [4.78, 5) is 10.1. The molecule has 52 valence electrons. The number of aliphatic hydroxyl groups excluding tert-OH is 1. The van der Waals surface area contributed by atoms with Crippen LogP contribution >= 0.6 is 12.6 Å². The van der Waals surface area contributed by atoms with Crippen LogP contribution < -0.4 is 0 Å². The highest BCUT2D eigenvalue weighted by atomic mass is 32.1. The zero-order valence-corrected chi connectivity index (χ0v) is 5.84. The Morgan fingerprint density at radius 2 is 2.44 bits per heavy atom. The van der Waals surface area contributed by atoms with Gasteiger partial charge in [-0.3, -0.25) is 4.79 Å². The van der Waals surface area contributed by atoms with E-state index < -0.39 is 11.4 Å². The van der Waals surface area contributed by atoms with Gasteiger partial charge in [-0.05, 0) is 12.2 Å². The Kier molecular flexibility index (Phi) is 4.39. The molecule has 0 aliphatic carbocycles. The summed E-state index contributed by atoms with van der Waals surface area (Å²) in [7, 11) is 1.33. The summed E-state index contributed by atoms with van der Waals surface area (Å²) in [6.07, 6.45) is 1.31. The molecule has 0 bridgehead atoms. The van der Waals surface area contributed by atoms with Crippen LogP contribution in [0.1, 0.15) is 0 Å². The second-order valence-corrected chi connectivity index (χ2v) is 1.76. The SMILES string of the molecule is COC(O)C=CC(=O)S.